The van der Waals surface area contributed by atoms with E-state index in [-0.39, 0.29) is 55.6 Å². The molecule has 13 rings (SSSR count). The van der Waals surface area contributed by atoms with Gasteiger partial charge in [-0.25, -0.2) is 47.9 Å². The molecular formula is C89H71NO25S. The first-order valence-corrected chi connectivity index (χ1v) is 36.9. The maximum absolute atomic E-state index is 15.5. The molecule has 0 N–H and O–H groups in total. The summed E-state index contributed by atoms with van der Waals surface area (Å²) in [5.74, 6) is -10.6. The average Bonchev–Trinajstić information content (AvgIpc) is 0.755. The monoisotopic (exact) mass is 1590 g/mol. The second kappa shape index (κ2) is 39.3. The fourth-order valence-corrected chi connectivity index (χ4v) is 12.9. The molecule has 27 heteroatoms. The summed E-state index contributed by atoms with van der Waals surface area (Å²) in [6, 6.07) is 75.6. The van der Waals surface area contributed by atoms with Crippen molar-refractivity contribution in [1.29, 1.82) is 0 Å². The molecule has 10 aromatic carbocycles. The molecule has 116 heavy (non-hydrogen) atoms. The third-order valence-corrected chi connectivity index (χ3v) is 18.6. The number of thiocarbonyl (C=S) groups is 1. The van der Waals surface area contributed by atoms with Crippen molar-refractivity contribution in [1.82, 2.24) is 0 Å². The lowest BCUT2D eigenvalue weighted by Gasteiger charge is -2.50. The normalized spacial score (nSPS) is 22.6. The van der Waals surface area contributed by atoms with Gasteiger partial charge in [0.05, 0.1) is 60.8 Å². The van der Waals surface area contributed by atoms with Crippen LogP contribution in [0.25, 0.3) is 0 Å². The third-order valence-electron chi connectivity index (χ3n) is 18.5. The van der Waals surface area contributed by atoms with E-state index in [1.165, 1.54) is 170 Å². The highest BCUT2D eigenvalue weighted by Gasteiger charge is 2.61. The van der Waals surface area contributed by atoms with Crippen LogP contribution in [0.2, 0.25) is 0 Å². The van der Waals surface area contributed by atoms with Crippen LogP contribution in [0.1, 0.15) is 104 Å². The minimum absolute atomic E-state index is 0.00851. The Bertz CT molecular complexity index is 5060. The van der Waals surface area contributed by atoms with Gasteiger partial charge in [-0.05, 0) is 134 Å². The van der Waals surface area contributed by atoms with Crippen LogP contribution >= 0.6 is 12.2 Å². The maximum atomic E-state index is 15.5. The summed E-state index contributed by atoms with van der Waals surface area (Å²) < 4.78 is 98.6. The Hall–Kier alpha value is -13.5. The van der Waals surface area contributed by atoms with E-state index in [2.05, 4.69) is 10.2 Å². The number of ether oxygens (including phenoxy) is 15. The molecule has 26 nitrogen and oxygen atoms in total. The highest BCUT2D eigenvalue weighted by atomic mass is 32.1. The molecule has 0 aromatic heterocycles. The second-order valence-corrected chi connectivity index (χ2v) is 26.3. The van der Waals surface area contributed by atoms with E-state index in [1.54, 1.807) is 133 Å². The van der Waals surface area contributed by atoms with Crippen molar-refractivity contribution in [2.24, 2.45) is 4.99 Å². The highest BCUT2D eigenvalue weighted by molar-refractivity contribution is 7.78. The number of aliphatic imine (C=N–C) groups is 1. The Kier molecular flexibility index (Phi) is 27.3. The number of esters is 10. The van der Waals surface area contributed by atoms with Gasteiger partial charge in [-0.1, -0.05) is 182 Å². The Morgan fingerprint density at radius 1 is 0.241 bits per heavy atom. The molecule has 3 aliphatic heterocycles. The van der Waals surface area contributed by atoms with Crippen LogP contribution in [0, 0.1) is 0 Å². The van der Waals surface area contributed by atoms with Crippen molar-refractivity contribution >= 4 is 77.1 Å². The highest BCUT2D eigenvalue weighted by Crippen LogP contribution is 2.40. The number of benzene rings is 10. The van der Waals surface area contributed by atoms with Crippen LogP contribution in [0.5, 0.6) is 0 Å². The molecule has 3 aliphatic rings. The molecule has 3 fully saturated rings. The second-order valence-electron chi connectivity index (χ2n) is 26.1. The molecule has 15 atom stereocenters. The molecule has 0 unspecified atom stereocenters. The number of isothiocyanates is 1. The minimum Gasteiger partial charge on any atom is -0.459 e. The predicted molar refractivity (Wildman–Crippen MR) is 410 cm³/mol. The molecular weight excluding hydrogens is 1520 g/mol. The molecule has 3 heterocycles. The van der Waals surface area contributed by atoms with Crippen LogP contribution in [0.4, 0.5) is 0 Å². The summed E-state index contributed by atoms with van der Waals surface area (Å²) in [5.41, 5.74) is -0.470. The van der Waals surface area contributed by atoms with Gasteiger partial charge in [0.1, 0.15) is 50.3 Å². The average molecular weight is 1590 g/mol. The smallest absolute Gasteiger partial charge is 0.338 e. The van der Waals surface area contributed by atoms with E-state index >= 15 is 19.2 Å². The van der Waals surface area contributed by atoms with Gasteiger partial charge < -0.3 is 71.1 Å². The van der Waals surface area contributed by atoms with Crippen LogP contribution in [0.3, 0.4) is 0 Å². The number of carbonyl (C=O) groups excluding carboxylic acids is 10. The van der Waals surface area contributed by atoms with E-state index < -0.39 is 172 Å². The Morgan fingerprint density at radius 2 is 0.431 bits per heavy atom. The quantitative estimate of drug-likeness (QED) is 0.0190. The summed E-state index contributed by atoms with van der Waals surface area (Å²) >= 11 is 5.17. The fourth-order valence-electron chi connectivity index (χ4n) is 12.8. The van der Waals surface area contributed by atoms with Crippen molar-refractivity contribution in [2.75, 3.05) is 19.8 Å². The van der Waals surface area contributed by atoms with E-state index in [0.29, 0.717) is 0 Å². The van der Waals surface area contributed by atoms with Gasteiger partial charge in [0.15, 0.2) is 61.5 Å². The largest absolute Gasteiger partial charge is 0.459 e. The summed E-state index contributed by atoms with van der Waals surface area (Å²) in [4.78, 5) is 153. The maximum Gasteiger partial charge on any atom is 0.338 e. The number of rotatable bonds is 28. The Morgan fingerprint density at radius 3 is 0.681 bits per heavy atom. The lowest BCUT2D eigenvalue weighted by molar-refractivity contribution is -0.369. The van der Waals surface area contributed by atoms with Crippen LogP contribution in [0.15, 0.2) is 308 Å². The summed E-state index contributed by atoms with van der Waals surface area (Å²) in [7, 11) is 0. The number of hydrogen-bond donors (Lipinski definition) is 0. The van der Waals surface area contributed by atoms with Crippen LogP contribution in [-0.2, 0) is 71.1 Å². The molecule has 10 aromatic rings. The van der Waals surface area contributed by atoms with Crippen molar-refractivity contribution in [3.8, 4) is 0 Å². The minimum atomic E-state index is -2.32. The van der Waals surface area contributed by atoms with E-state index in [9.17, 15) is 28.8 Å². The van der Waals surface area contributed by atoms with Crippen molar-refractivity contribution in [2.45, 2.75) is 92.1 Å². The molecule has 0 amide bonds. The van der Waals surface area contributed by atoms with E-state index in [0.717, 1.165) is 0 Å². The number of hydrogen-bond acceptors (Lipinski definition) is 27. The zero-order valence-electron chi connectivity index (χ0n) is 61.2. The molecule has 0 bridgehead atoms. The predicted octanol–water partition coefficient (Wildman–Crippen LogP) is 12.2. The van der Waals surface area contributed by atoms with Crippen molar-refractivity contribution in [3.05, 3.63) is 359 Å². The molecule has 3 saturated heterocycles. The molecule has 588 valence electrons. The third kappa shape index (κ3) is 20.5. The van der Waals surface area contributed by atoms with Gasteiger partial charge in [-0.15, -0.1) is 0 Å². The summed E-state index contributed by atoms with van der Waals surface area (Å²) in [5, 5.41) is 2.24. The first kappa shape index (κ1) is 80.5. The van der Waals surface area contributed by atoms with Gasteiger partial charge in [0.25, 0.3) is 0 Å². The molecule has 0 saturated carbocycles. The number of nitrogens with zero attached hydrogens (tertiary/aromatic N) is 1. The zero-order valence-corrected chi connectivity index (χ0v) is 62.0. The lowest BCUT2D eigenvalue weighted by Crippen LogP contribution is -2.69. The zero-order chi connectivity index (χ0) is 80.7. The fraction of sp³-hybridized carbons (Fsp3) is 0.202. The molecule has 0 radical (unpaired) electrons. The van der Waals surface area contributed by atoms with Gasteiger partial charge >= 0.3 is 59.7 Å². The topological polar surface area (TPSA) is 322 Å². The van der Waals surface area contributed by atoms with Gasteiger partial charge in [0, 0.05) is 0 Å². The Balaban J connectivity index is 1.01. The summed E-state index contributed by atoms with van der Waals surface area (Å²) in [6.45, 7) is -2.70. The lowest BCUT2D eigenvalue weighted by atomic mass is 9.94. The van der Waals surface area contributed by atoms with Crippen LogP contribution in [-0.4, -0.2) is 177 Å². The first-order chi connectivity index (χ1) is 56.6. The van der Waals surface area contributed by atoms with Crippen LogP contribution < -0.4 is 0 Å². The number of carbonyl (C=O) groups is 10. The van der Waals surface area contributed by atoms with Crippen molar-refractivity contribution in [3.63, 3.8) is 0 Å². The molecule has 0 aliphatic carbocycles. The Labute approximate surface area is 668 Å². The van der Waals surface area contributed by atoms with E-state index in [1.807, 2.05) is 0 Å². The SMILES string of the molecule is O=C(OC[C@H]1O[C@@H](N=C=S)[C@H](OC(=O)c2ccccc2)[C@@H](OC(=O)c2ccccc2)[C@@H]1O[C@H]1O[C@H](COC(=O)c2ccccc2)[C@@H](O[C@H]2O[C@H](COC(=O)c3ccccc3)[C@@H](OC(=O)c3ccccc3)[C@H](OC(=O)c3ccccc3)[C@H]2OC(=O)c2ccccc2)[C@H](OC(=O)c2ccccc2)[C@H]1OC(=O)c1ccccc1)c1ccccc1. The van der Waals surface area contributed by atoms with Gasteiger partial charge in [0.2, 0.25) is 0 Å². The van der Waals surface area contributed by atoms with Gasteiger partial charge in [-0.3, -0.25) is 0 Å². The molecule has 0 spiro atoms. The standard InChI is InChI=1S/C89H71NO25S/c91-78(55-31-11-1-12-32-55)101-51-65-69(71(108-82(95)59-39-19-5-20-40-59)74(77(104-65)90-54-116)111-85(98)62-45-25-8-26-46-62)114-89-76(113-87(100)64-49-29-10-30-50-64)73(110-84(97)61-43-23-7-24-44-61)70(67(106-89)53-103-80(93)57-35-15-3-16-36-57)115-88-75(112-86(99)63-47-27-9-28-48-63)72(109-83(96)60-41-21-6-22-42-60)68(107-81(94)58-37-17-4-18-38-58)66(105-88)52-102-79(92)56-33-13-2-14-34-56/h1-50,65-77,88-89H,51-53H2/t65-,66-,67-,68-,69-,70-,71+,72+,73+,74-,75-,76-,77-,88-,89-/m1/s1. The van der Waals surface area contributed by atoms with Crippen molar-refractivity contribution < 1.29 is 119 Å². The van der Waals surface area contributed by atoms with Gasteiger partial charge in [-0.2, -0.15) is 4.99 Å². The first-order valence-electron chi connectivity index (χ1n) is 36.5. The summed E-state index contributed by atoms with van der Waals surface area (Å²) in [6.07, 6.45) is -31.0. The van der Waals surface area contributed by atoms with E-state index in [4.69, 9.17) is 83.3 Å².